The fraction of sp³-hybridized carbons (Fsp3) is 0.120. The lowest BCUT2D eigenvalue weighted by atomic mass is 10.00. The second-order valence-corrected chi connectivity index (χ2v) is 7.02. The van der Waals surface area contributed by atoms with Gasteiger partial charge < -0.3 is 19.0 Å². The summed E-state index contributed by atoms with van der Waals surface area (Å²) in [6, 6.07) is 21.0. The minimum Gasteiger partial charge on any atom is -0.497 e. The summed E-state index contributed by atoms with van der Waals surface area (Å²) in [4.78, 5) is 24.1. The van der Waals surface area contributed by atoms with Crippen LogP contribution >= 0.6 is 0 Å². The molecule has 0 amide bonds. The maximum Gasteiger partial charge on any atom is 0.349 e. The highest BCUT2D eigenvalue weighted by atomic mass is 16.5. The van der Waals surface area contributed by atoms with Crippen LogP contribution < -0.4 is 15.1 Å². The maximum atomic E-state index is 12.3. The highest BCUT2D eigenvalue weighted by Crippen LogP contribution is 2.35. The van der Waals surface area contributed by atoms with E-state index in [1.54, 1.807) is 56.5 Å². The van der Waals surface area contributed by atoms with Crippen LogP contribution in [0.4, 0.5) is 0 Å². The van der Waals surface area contributed by atoms with Gasteiger partial charge in [0.2, 0.25) is 6.10 Å². The first-order valence-corrected chi connectivity index (χ1v) is 9.64. The number of methoxy groups -OCH3 is 1. The number of carboxylic acid groups (broad SMARTS) is 1. The fourth-order valence-corrected chi connectivity index (χ4v) is 3.50. The molecular weight excluding hydrogens is 396 g/mol. The third-order valence-corrected chi connectivity index (χ3v) is 5.08. The Bertz CT molecular complexity index is 1290. The largest absolute Gasteiger partial charge is 0.497 e. The third-order valence-electron chi connectivity index (χ3n) is 5.08. The highest BCUT2D eigenvalue weighted by molar-refractivity contribution is 5.95. The van der Waals surface area contributed by atoms with Crippen LogP contribution in [0.3, 0.4) is 0 Å². The van der Waals surface area contributed by atoms with Crippen LogP contribution in [0.1, 0.15) is 17.2 Å². The average molecular weight is 416 g/mol. The van der Waals surface area contributed by atoms with Gasteiger partial charge in [0.1, 0.15) is 17.1 Å². The highest BCUT2D eigenvalue weighted by Gasteiger charge is 2.23. The van der Waals surface area contributed by atoms with Crippen molar-refractivity contribution in [3.8, 4) is 22.6 Å². The van der Waals surface area contributed by atoms with Gasteiger partial charge in [0.15, 0.2) is 0 Å². The molecule has 3 aromatic carbocycles. The Kier molecular flexibility index (Phi) is 5.45. The molecule has 1 atom stereocenters. The average Bonchev–Trinajstić information content (AvgIpc) is 2.79. The molecule has 0 aliphatic rings. The molecule has 0 saturated heterocycles. The van der Waals surface area contributed by atoms with E-state index in [0.29, 0.717) is 33.8 Å². The van der Waals surface area contributed by atoms with Crippen LogP contribution in [-0.2, 0) is 4.79 Å². The zero-order valence-corrected chi connectivity index (χ0v) is 17.0. The fourth-order valence-electron chi connectivity index (χ4n) is 3.50. The summed E-state index contributed by atoms with van der Waals surface area (Å²) >= 11 is 0. The lowest BCUT2D eigenvalue weighted by Gasteiger charge is -2.18. The molecule has 1 aromatic heterocycles. The number of hydrogen-bond acceptors (Lipinski definition) is 5. The van der Waals surface area contributed by atoms with Crippen molar-refractivity contribution in [1.82, 2.24) is 0 Å². The lowest BCUT2D eigenvalue weighted by Crippen LogP contribution is -2.18. The Morgan fingerprint density at radius 2 is 1.71 bits per heavy atom. The van der Waals surface area contributed by atoms with Crippen LogP contribution in [0.25, 0.3) is 22.1 Å². The van der Waals surface area contributed by atoms with Gasteiger partial charge in [-0.15, -0.1) is 0 Å². The summed E-state index contributed by atoms with van der Waals surface area (Å²) in [6.07, 6.45) is -1.19. The van der Waals surface area contributed by atoms with Crippen molar-refractivity contribution in [3.63, 3.8) is 0 Å². The van der Waals surface area contributed by atoms with Crippen LogP contribution in [-0.4, -0.2) is 18.2 Å². The topological polar surface area (TPSA) is 86.0 Å². The first kappa shape index (κ1) is 20.2. The van der Waals surface area contributed by atoms with Gasteiger partial charge in [0.05, 0.1) is 7.11 Å². The van der Waals surface area contributed by atoms with E-state index >= 15 is 0 Å². The molecule has 4 aromatic rings. The van der Waals surface area contributed by atoms with Gasteiger partial charge in [-0.3, -0.25) is 0 Å². The second kappa shape index (κ2) is 8.36. The van der Waals surface area contributed by atoms with Crippen LogP contribution in [0.15, 0.2) is 82.0 Å². The predicted molar refractivity (Wildman–Crippen MR) is 117 cm³/mol. The Hall–Kier alpha value is -4.06. The van der Waals surface area contributed by atoms with E-state index in [-0.39, 0.29) is 0 Å². The van der Waals surface area contributed by atoms with Gasteiger partial charge in [-0.05, 0) is 42.3 Å². The number of aryl methyl sites for hydroxylation is 1. The van der Waals surface area contributed by atoms with E-state index in [9.17, 15) is 14.7 Å². The van der Waals surface area contributed by atoms with Crippen molar-refractivity contribution < 1.29 is 23.8 Å². The standard InChI is InChI=1S/C25H20O6/c1-15-21(30-24(25(27)28)17-6-4-3-5-7-17)13-12-19-20(14-22(26)31-23(15)19)16-8-10-18(29-2)11-9-16/h3-14,24H,1-2H3,(H,27,28). The maximum absolute atomic E-state index is 12.3. The van der Waals surface area contributed by atoms with Crippen molar-refractivity contribution in [3.05, 3.63) is 94.3 Å². The molecule has 0 spiro atoms. The Balaban J connectivity index is 1.80. The number of aliphatic carboxylic acids is 1. The summed E-state index contributed by atoms with van der Waals surface area (Å²) in [6.45, 7) is 1.74. The van der Waals surface area contributed by atoms with E-state index in [1.807, 2.05) is 24.3 Å². The lowest BCUT2D eigenvalue weighted by molar-refractivity contribution is -0.145. The van der Waals surface area contributed by atoms with Crippen molar-refractivity contribution in [2.45, 2.75) is 13.0 Å². The third kappa shape index (κ3) is 4.00. The zero-order valence-electron chi connectivity index (χ0n) is 17.0. The number of carboxylic acids is 1. The molecule has 6 heteroatoms. The van der Waals surface area contributed by atoms with Crippen LogP contribution in [0.5, 0.6) is 11.5 Å². The first-order chi connectivity index (χ1) is 15.0. The van der Waals surface area contributed by atoms with Gasteiger partial charge >= 0.3 is 11.6 Å². The van der Waals surface area contributed by atoms with E-state index in [1.165, 1.54) is 6.07 Å². The molecule has 1 heterocycles. The minimum absolute atomic E-state index is 0.332. The summed E-state index contributed by atoms with van der Waals surface area (Å²) < 4.78 is 16.5. The van der Waals surface area contributed by atoms with Crippen molar-refractivity contribution in [1.29, 1.82) is 0 Å². The van der Waals surface area contributed by atoms with E-state index in [4.69, 9.17) is 13.9 Å². The smallest absolute Gasteiger partial charge is 0.349 e. The molecule has 0 saturated carbocycles. The van der Waals surface area contributed by atoms with Gasteiger partial charge in [-0.2, -0.15) is 0 Å². The van der Waals surface area contributed by atoms with Gasteiger partial charge in [-0.25, -0.2) is 9.59 Å². The molecule has 0 aliphatic carbocycles. The number of rotatable bonds is 6. The second-order valence-electron chi connectivity index (χ2n) is 7.02. The molecule has 0 bridgehead atoms. The SMILES string of the molecule is COc1ccc(-c2cc(=O)oc3c(C)c(OC(C(=O)O)c4ccccc4)ccc23)cc1. The summed E-state index contributed by atoms with van der Waals surface area (Å²) in [7, 11) is 1.59. The molecule has 0 aliphatic heterocycles. The molecule has 1 N–H and O–H groups in total. The van der Waals surface area contributed by atoms with Crippen molar-refractivity contribution in [2.24, 2.45) is 0 Å². The summed E-state index contributed by atoms with van der Waals surface area (Å²) in [5.74, 6) is -0.0681. The number of fused-ring (bicyclic) bond motifs is 1. The Morgan fingerprint density at radius 1 is 1.00 bits per heavy atom. The summed E-state index contributed by atoms with van der Waals surface area (Å²) in [5, 5.41) is 10.4. The quantitative estimate of drug-likeness (QED) is 0.446. The molecule has 0 fully saturated rings. The monoisotopic (exact) mass is 416 g/mol. The normalized spacial score (nSPS) is 11.8. The molecule has 156 valence electrons. The minimum atomic E-state index is -1.19. The van der Waals surface area contributed by atoms with Crippen molar-refractivity contribution >= 4 is 16.9 Å². The molecular formula is C25H20O6. The summed E-state index contributed by atoms with van der Waals surface area (Å²) in [5.41, 5.74) is 2.46. The van der Waals surface area contributed by atoms with Gasteiger partial charge in [-0.1, -0.05) is 42.5 Å². The Morgan fingerprint density at radius 3 is 2.35 bits per heavy atom. The number of benzene rings is 3. The molecule has 6 nitrogen and oxygen atoms in total. The predicted octanol–water partition coefficient (Wildman–Crippen LogP) is 4.98. The van der Waals surface area contributed by atoms with Gasteiger partial charge in [0.25, 0.3) is 0 Å². The van der Waals surface area contributed by atoms with E-state index < -0.39 is 17.7 Å². The molecule has 4 rings (SSSR count). The molecule has 1 unspecified atom stereocenters. The number of ether oxygens (including phenoxy) is 2. The van der Waals surface area contributed by atoms with Gasteiger partial charge in [0, 0.05) is 22.6 Å². The zero-order chi connectivity index (χ0) is 22.0. The number of hydrogen-bond donors (Lipinski definition) is 1. The first-order valence-electron chi connectivity index (χ1n) is 9.64. The van der Waals surface area contributed by atoms with Crippen molar-refractivity contribution in [2.75, 3.05) is 7.11 Å². The molecule has 0 radical (unpaired) electrons. The van der Waals surface area contributed by atoms with E-state index in [0.717, 1.165) is 10.9 Å². The van der Waals surface area contributed by atoms with Crippen LogP contribution in [0, 0.1) is 6.92 Å². The van der Waals surface area contributed by atoms with E-state index in [2.05, 4.69) is 0 Å². The van der Waals surface area contributed by atoms with Crippen LogP contribution in [0.2, 0.25) is 0 Å². The Labute approximate surface area is 178 Å². The molecule has 31 heavy (non-hydrogen) atoms. The number of carbonyl (C=O) groups is 1.